The van der Waals surface area contributed by atoms with Gasteiger partial charge < -0.3 is 10.6 Å². The van der Waals surface area contributed by atoms with E-state index in [1.807, 2.05) is 56.3 Å². The molecular formula is C26H27N5O3. The molecule has 2 aromatic heterocycles. The van der Waals surface area contributed by atoms with E-state index < -0.39 is 5.56 Å². The summed E-state index contributed by atoms with van der Waals surface area (Å²) in [4.78, 5) is 38.6. The van der Waals surface area contributed by atoms with Crippen molar-refractivity contribution in [3.8, 4) is 0 Å². The molecule has 0 aliphatic heterocycles. The topological polar surface area (TPSA) is 97.5 Å². The minimum absolute atomic E-state index is 0.234. The number of anilines is 1. The molecule has 0 atom stereocenters. The Kier molecular flexibility index (Phi) is 6.32. The first-order valence-electron chi connectivity index (χ1n) is 11.0. The van der Waals surface area contributed by atoms with Gasteiger partial charge in [-0.1, -0.05) is 42.0 Å². The van der Waals surface area contributed by atoms with Crippen molar-refractivity contribution in [1.82, 2.24) is 19.5 Å². The molecule has 4 aromatic rings. The van der Waals surface area contributed by atoms with Gasteiger partial charge in [0.15, 0.2) is 0 Å². The van der Waals surface area contributed by atoms with E-state index in [0.717, 1.165) is 21.4 Å². The largest absolute Gasteiger partial charge is 0.348 e. The third-order valence-electron chi connectivity index (χ3n) is 5.83. The van der Waals surface area contributed by atoms with E-state index in [1.165, 1.54) is 6.33 Å². The molecule has 34 heavy (non-hydrogen) atoms. The van der Waals surface area contributed by atoms with Gasteiger partial charge in [0.25, 0.3) is 11.5 Å². The summed E-state index contributed by atoms with van der Waals surface area (Å²) in [5, 5.41) is 9.87. The maximum absolute atomic E-state index is 13.2. The highest BCUT2D eigenvalue weighted by Gasteiger charge is 2.22. The highest BCUT2D eigenvalue weighted by Crippen LogP contribution is 2.20. The SMILES string of the molecule is Cc1ccc(CNC(=O)c2c(C)c3c(=O)n(CC(=O)Nc4cccc(C)c4)ncn3c2C)cc1. The zero-order chi connectivity index (χ0) is 24.4. The van der Waals surface area contributed by atoms with E-state index in [4.69, 9.17) is 0 Å². The van der Waals surface area contributed by atoms with Crippen molar-refractivity contribution in [2.75, 3.05) is 5.32 Å². The number of benzene rings is 2. The number of nitrogens with one attached hydrogen (secondary N) is 2. The van der Waals surface area contributed by atoms with Crippen LogP contribution in [0, 0.1) is 27.7 Å². The summed E-state index contributed by atoms with van der Waals surface area (Å²) in [6.45, 7) is 7.60. The molecule has 2 aromatic carbocycles. The molecule has 2 amide bonds. The van der Waals surface area contributed by atoms with Crippen molar-refractivity contribution in [2.24, 2.45) is 0 Å². The number of fused-ring (bicyclic) bond motifs is 1. The minimum atomic E-state index is -0.430. The minimum Gasteiger partial charge on any atom is -0.348 e. The first kappa shape index (κ1) is 23.0. The van der Waals surface area contributed by atoms with Gasteiger partial charge in [0.05, 0.1) is 5.56 Å². The summed E-state index contributed by atoms with van der Waals surface area (Å²) >= 11 is 0. The monoisotopic (exact) mass is 457 g/mol. The van der Waals surface area contributed by atoms with Crippen molar-refractivity contribution in [2.45, 2.75) is 40.8 Å². The van der Waals surface area contributed by atoms with E-state index in [2.05, 4.69) is 15.7 Å². The third kappa shape index (κ3) is 4.61. The fourth-order valence-corrected chi connectivity index (χ4v) is 4.04. The Morgan fingerprint density at radius 3 is 2.41 bits per heavy atom. The third-order valence-corrected chi connectivity index (χ3v) is 5.83. The number of carbonyl (C=O) groups excluding carboxylic acids is 2. The van der Waals surface area contributed by atoms with Crippen LogP contribution < -0.4 is 16.2 Å². The maximum atomic E-state index is 13.2. The van der Waals surface area contributed by atoms with Crippen LogP contribution >= 0.6 is 0 Å². The van der Waals surface area contributed by atoms with Crippen LogP contribution in [0.3, 0.4) is 0 Å². The lowest BCUT2D eigenvalue weighted by Crippen LogP contribution is -2.30. The van der Waals surface area contributed by atoms with Gasteiger partial charge in [-0.05, 0) is 56.5 Å². The van der Waals surface area contributed by atoms with E-state index in [1.54, 1.807) is 24.3 Å². The molecule has 0 aliphatic rings. The molecule has 0 fully saturated rings. The van der Waals surface area contributed by atoms with Gasteiger partial charge in [-0.15, -0.1) is 0 Å². The number of amides is 2. The molecule has 8 nitrogen and oxygen atoms in total. The van der Waals surface area contributed by atoms with E-state index in [-0.39, 0.29) is 18.4 Å². The molecule has 2 N–H and O–H groups in total. The van der Waals surface area contributed by atoms with Crippen LogP contribution in [0.25, 0.3) is 5.52 Å². The van der Waals surface area contributed by atoms with Crippen molar-refractivity contribution in [3.05, 3.63) is 98.7 Å². The molecule has 0 radical (unpaired) electrons. The van der Waals surface area contributed by atoms with Gasteiger partial charge in [-0.25, -0.2) is 4.68 Å². The van der Waals surface area contributed by atoms with Crippen molar-refractivity contribution >= 4 is 23.0 Å². The van der Waals surface area contributed by atoms with Crippen molar-refractivity contribution in [3.63, 3.8) is 0 Å². The Morgan fingerprint density at radius 1 is 0.971 bits per heavy atom. The zero-order valence-corrected chi connectivity index (χ0v) is 19.7. The van der Waals surface area contributed by atoms with Crippen molar-refractivity contribution < 1.29 is 9.59 Å². The maximum Gasteiger partial charge on any atom is 0.291 e. The van der Waals surface area contributed by atoms with Crippen LogP contribution in [0.15, 0.2) is 59.7 Å². The predicted molar refractivity (Wildman–Crippen MR) is 131 cm³/mol. The normalized spacial score (nSPS) is 10.9. The second kappa shape index (κ2) is 9.35. The first-order chi connectivity index (χ1) is 16.2. The molecule has 0 bridgehead atoms. The van der Waals surface area contributed by atoms with Crippen LogP contribution in [0.5, 0.6) is 0 Å². The van der Waals surface area contributed by atoms with Crippen LogP contribution in [0.1, 0.15) is 38.3 Å². The van der Waals surface area contributed by atoms with E-state index in [0.29, 0.717) is 34.6 Å². The van der Waals surface area contributed by atoms with Gasteiger partial charge in [-0.2, -0.15) is 5.10 Å². The Labute approximate surface area is 197 Å². The molecule has 0 saturated heterocycles. The quantitative estimate of drug-likeness (QED) is 0.464. The van der Waals surface area contributed by atoms with Crippen LogP contribution in [0.4, 0.5) is 5.69 Å². The predicted octanol–water partition coefficient (Wildman–Crippen LogP) is 3.30. The van der Waals surface area contributed by atoms with Crippen LogP contribution in [-0.4, -0.2) is 26.0 Å². The fraction of sp³-hybridized carbons (Fsp3) is 0.231. The average Bonchev–Trinajstić information content (AvgIpc) is 3.05. The second-order valence-electron chi connectivity index (χ2n) is 8.48. The van der Waals surface area contributed by atoms with Crippen LogP contribution in [0.2, 0.25) is 0 Å². The summed E-state index contributed by atoms with van der Waals surface area (Å²) in [6.07, 6.45) is 1.47. The fourth-order valence-electron chi connectivity index (χ4n) is 4.04. The Balaban J connectivity index is 1.57. The number of hydrogen-bond donors (Lipinski definition) is 2. The number of nitrogens with zero attached hydrogens (tertiary/aromatic N) is 3. The Morgan fingerprint density at radius 2 is 1.71 bits per heavy atom. The lowest BCUT2D eigenvalue weighted by Gasteiger charge is -2.08. The number of carbonyl (C=O) groups is 2. The summed E-state index contributed by atoms with van der Waals surface area (Å²) in [7, 11) is 0. The molecular weight excluding hydrogens is 430 g/mol. The average molecular weight is 458 g/mol. The molecule has 2 heterocycles. The van der Waals surface area contributed by atoms with Gasteiger partial charge in [-0.3, -0.25) is 18.8 Å². The van der Waals surface area contributed by atoms with Crippen LogP contribution in [-0.2, 0) is 17.9 Å². The summed E-state index contributed by atoms with van der Waals surface area (Å²) in [5.74, 6) is -0.621. The Hall–Kier alpha value is -4.20. The van der Waals surface area contributed by atoms with Gasteiger partial charge >= 0.3 is 0 Å². The lowest BCUT2D eigenvalue weighted by molar-refractivity contribution is -0.117. The van der Waals surface area contributed by atoms with Gasteiger partial charge in [0.2, 0.25) is 5.91 Å². The zero-order valence-electron chi connectivity index (χ0n) is 19.7. The number of hydrogen-bond acceptors (Lipinski definition) is 4. The first-order valence-corrected chi connectivity index (χ1v) is 11.0. The van der Waals surface area contributed by atoms with E-state index in [9.17, 15) is 14.4 Å². The van der Waals surface area contributed by atoms with Gasteiger partial charge in [0.1, 0.15) is 18.4 Å². The standard InChI is InChI=1S/C26H27N5O3/c1-16-8-10-20(11-9-16)13-27-25(33)23-18(3)24-26(34)31(28-15-30(24)19(23)4)14-22(32)29-21-7-5-6-17(2)12-21/h5-12,15H,13-14H2,1-4H3,(H,27,33)(H,29,32). The number of aryl methyl sites for hydroxylation is 4. The number of aromatic nitrogens is 3. The van der Waals surface area contributed by atoms with Crippen molar-refractivity contribution in [1.29, 1.82) is 0 Å². The molecule has 174 valence electrons. The highest BCUT2D eigenvalue weighted by molar-refractivity contribution is 5.99. The summed E-state index contributed by atoms with van der Waals surface area (Å²) < 4.78 is 2.72. The van der Waals surface area contributed by atoms with E-state index >= 15 is 0 Å². The van der Waals surface area contributed by atoms with Gasteiger partial charge in [0, 0.05) is 17.9 Å². The molecule has 0 spiro atoms. The summed E-state index contributed by atoms with van der Waals surface area (Å²) in [5.41, 5.74) is 5.32. The second-order valence-corrected chi connectivity index (χ2v) is 8.48. The number of rotatable bonds is 6. The highest BCUT2D eigenvalue weighted by atomic mass is 16.2. The smallest absolute Gasteiger partial charge is 0.291 e. The molecule has 4 rings (SSSR count). The summed E-state index contributed by atoms with van der Waals surface area (Å²) in [6, 6.07) is 15.3. The molecule has 8 heteroatoms. The molecule has 0 unspecified atom stereocenters. The molecule has 0 aliphatic carbocycles. The molecule has 0 saturated carbocycles. The lowest BCUT2D eigenvalue weighted by atomic mass is 10.1. The Bertz CT molecular complexity index is 1450.